The molecular formula is C9H12O. The standard InChI is InChI=1S/C8H10.CH2O/c1-7-3-5-8(2)6-4-7;1-2/h3-6H,1-2H3;1H2. The molecule has 0 atom stereocenters. The average molecular weight is 136 g/mol. The number of aryl methyl sites for hydroxylation is 2. The van der Waals surface area contributed by atoms with Crippen molar-refractivity contribution in [3.05, 3.63) is 35.4 Å². The molecule has 0 spiro atoms. The van der Waals surface area contributed by atoms with Crippen LogP contribution in [-0.4, -0.2) is 6.79 Å². The Kier molecular flexibility index (Phi) is 4.21. The second kappa shape index (κ2) is 4.74. The van der Waals surface area contributed by atoms with Crippen LogP contribution in [0.2, 0.25) is 0 Å². The number of carbonyl (C=O) groups is 1. The molecule has 0 saturated heterocycles. The Morgan fingerprint density at radius 1 is 0.900 bits per heavy atom. The van der Waals surface area contributed by atoms with Gasteiger partial charge < -0.3 is 4.79 Å². The average Bonchev–Trinajstić information content (AvgIpc) is 2.00. The van der Waals surface area contributed by atoms with Crippen molar-refractivity contribution < 1.29 is 4.79 Å². The minimum Gasteiger partial charge on any atom is -0.307 e. The molecule has 1 rings (SSSR count). The lowest BCUT2D eigenvalue weighted by atomic mass is 10.2. The van der Waals surface area contributed by atoms with E-state index in [1.54, 1.807) is 0 Å². The van der Waals surface area contributed by atoms with Crippen molar-refractivity contribution in [2.45, 2.75) is 13.8 Å². The Labute approximate surface area is 61.7 Å². The zero-order valence-electron chi connectivity index (χ0n) is 6.42. The second-order valence-electron chi connectivity index (χ2n) is 2.15. The summed E-state index contributed by atoms with van der Waals surface area (Å²) in [6.07, 6.45) is 0. The van der Waals surface area contributed by atoms with E-state index in [9.17, 15) is 0 Å². The van der Waals surface area contributed by atoms with Gasteiger partial charge in [0.2, 0.25) is 0 Å². The Balaban J connectivity index is 0.000000371. The molecule has 1 heteroatoms. The van der Waals surface area contributed by atoms with Crippen molar-refractivity contribution in [2.24, 2.45) is 0 Å². The van der Waals surface area contributed by atoms with Gasteiger partial charge in [-0.3, -0.25) is 0 Å². The number of hydrogen-bond donors (Lipinski definition) is 0. The number of carbonyl (C=O) groups excluding carboxylic acids is 1. The van der Waals surface area contributed by atoms with Gasteiger partial charge in [-0.05, 0) is 13.8 Å². The van der Waals surface area contributed by atoms with E-state index < -0.39 is 0 Å². The Morgan fingerprint density at radius 2 is 1.10 bits per heavy atom. The van der Waals surface area contributed by atoms with Gasteiger partial charge in [0, 0.05) is 0 Å². The van der Waals surface area contributed by atoms with Gasteiger partial charge in [0.25, 0.3) is 0 Å². The van der Waals surface area contributed by atoms with E-state index in [-0.39, 0.29) is 0 Å². The van der Waals surface area contributed by atoms with Crippen molar-refractivity contribution in [1.82, 2.24) is 0 Å². The van der Waals surface area contributed by atoms with Crippen molar-refractivity contribution in [2.75, 3.05) is 0 Å². The molecular weight excluding hydrogens is 124 g/mol. The van der Waals surface area contributed by atoms with Crippen LogP contribution in [0.3, 0.4) is 0 Å². The molecule has 0 amide bonds. The third-order valence-electron chi connectivity index (χ3n) is 1.22. The monoisotopic (exact) mass is 136 g/mol. The van der Waals surface area contributed by atoms with Gasteiger partial charge in [-0.1, -0.05) is 35.4 Å². The summed E-state index contributed by atoms with van der Waals surface area (Å²) >= 11 is 0. The number of benzene rings is 1. The highest BCUT2D eigenvalue weighted by Crippen LogP contribution is 1.99. The molecule has 0 aliphatic carbocycles. The summed E-state index contributed by atoms with van der Waals surface area (Å²) < 4.78 is 0. The maximum absolute atomic E-state index is 8.00. The molecule has 0 heterocycles. The summed E-state index contributed by atoms with van der Waals surface area (Å²) in [5, 5.41) is 0. The van der Waals surface area contributed by atoms with Gasteiger partial charge in [0.05, 0.1) is 0 Å². The molecule has 0 unspecified atom stereocenters. The molecule has 1 nitrogen and oxygen atoms in total. The summed E-state index contributed by atoms with van der Waals surface area (Å²) in [7, 11) is 0. The van der Waals surface area contributed by atoms with Gasteiger partial charge >= 0.3 is 0 Å². The van der Waals surface area contributed by atoms with E-state index in [2.05, 4.69) is 38.1 Å². The quantitative estimate of drug-likeness (QED) is 0.534. The van der Waals surface area contributed by atoms with E-state index in [1.807, 2.05) is 6.79 Å². The number of hydrogen-bond acceptors (Lipinski definition) is 1. The van der Waals surface area contributed by atoms with Crippen LogP contribution in [0.1, 0.15) is 11.1 Å². The predicted molar refractivity (Wildman–Crippen MR) is 43.0 cm³/mol. The molecule has 0 aromatic heterocycles. The van der Waals surface area contributed by atoms with Gasteiger partial charge in [0.1, 0.15) is 6.79 Å². The third kappa shape index (κ3) is 3.02. The van der Waals surface area contributed by atoms with Crippen LogP contribution >= 0.6 is 0 Å². The first kappa shape index (κ1) is 8.89. The zero-order valence-corrected chi connectivity index (χ0v) is 6.42. The largest absolute Gasteiger partial charge is 0.307 e. The molecule has 54 valence electrons. The maximum Gasteiger partial charge on any atom is 0.106 e. The SMILES string of the molecule is C=O.Cc1ccc(C)cc1. The summed E-state index contributed by atoms with van der Waals surface area (Å²) in [6, 6.07) is 8.48. The molecule has 0 saturated carbocycles. The highest BCUT2D eigenvalue weighted by atomic mass is 16.1. The van der Waals surface area contributed by atoms with Crippen molar-refractivity contribution in [3.8, 4) is 0 Å². The fourth-order valence-electron chi connectivity index (χ4n) is 0.637. The molecule has 0 N–H and O–H groups in total. The molecule has 0 aliphatic heterocycles. The van der Waals surface area contributed by atoms with Gasteiger partial charge in [-0.2, -0.15) is 0 Å². The van der Waals surface area contributed by atoms with Crippen molar-refractivity contribution in [1.29, 1.82) is 0 Å². The topological polar surface area (TPSA) is 17.1 Å². The first-order chi connectivity index (χ1) is 4.79. The fourth-order valence-corrected chi connectivity index (χ4v) is 0.637. The van der Waals surface area contributed by atoms with Crippen LogP contribution in [0.15, 0.2) is 24.3 Å². The first-order valence-corrected chi connectivity index (χ1v) is 3.11. The van der Waals surface area contributed by atoms with Crippen LogP contribution in [-0.2, 0) is 4.79 Å². The lowest BCUT2D eigenvalue weighted by molar-refractivity contribution is -0.0979. The van der Waals surface area contributed by atoms with Crippen LogP contribution in [0, 0.1) is 13.8 Å². The van der Waals surface area contributed by atoms with Crippen molar-refractivity contribution in [3.63, 3.8) is 0 Å². The highest BCUT2D eigenvalue weighted by molar-refractivity contribution is 5.19. The molecule has 1 aromatic rings. The molecule has 0 fully saturated rings. The maximum atomic E-state index is 8.00. The van der Waals surface area contributed by atoms with Gasteiger partial charge in [-0.25, -0.2) is 0 Å². The van der Waals surface area contributed by atoms with Gasteiger partial charge in [0.15, 0.2) is 0 Å². The van der Waals surface area contributed by atoms with Crippen LogP contribution < -0.4 is 0 Å². The minimum absolute atomic E-state index is 1.33. The van der Waals surface area contributed by atoms with Crippen molar-refractivity contribution >= 4 is 6.79 Å². The Morgan fingerprint density at radius 3 is 1.30 bits per heavy atom. The summed E-state index contributed by atoms with van der Waals surface area (Å²) in [4.78, 5) is 8.00. The third-order valence-corrected chi connectivity index (χ3v) is 1.22. The van der Waals surface area contributed by atoms with E-state index in [0.717, 1.165) is 0 Å². The number of rotatable bonds is 0. The second-order valence-corrected chi connectivity index (χ2v) is 2.15. The molecule has 0 radical (unpaired) electrons. The van der Waals surface area contributed by atoms with Crippen LogP contribution in [0.4, 0.5) is 0 Å². The van der Waals surface area contributed by atoms with Crippen LogP contribution in [0.25, 0.3) is 0 Å². The zero-order chi connectivity index (χ0) is 7.98. The molecule has 10 heavy (non-hydrogen) atoms. The Hall–Kier alpha value is -1.11. The van der Waals surface area contributed by atoms with Gasteiger partial charge in [-0.15, -0.1) is 0 Å². The van der Waals surface area contributed by atoms with E-state index >= 15 is 0 Å². The predicted octanol–water partition coefficient (Wildman–Crippen LogP) is 2.12. The highest BCUT2D eigenvalue weighted by Gasteiger charge is 1.79. The fraction of sp³-hybridized carbons (Fsp3) is 0.222. The summed E-state index contributed by atoms with van der Waals surface area (Å²) in [5.74, 6) is 0. The van der Waals surface area contributed by atoms with E-state index in [1.165, 1.54) is 11.1 Å². The molecule has 1 aromatic carbocycles. The lowest BCUT2D eigenvalue weighted by Crippen LogP contribution is -1.70. The summed E-state index contributed by atoms with van der Waals surface area (Å²) in [6.45, 7) is 6.19. The lowest BCUT2D eigenvalue weighted by Gasteiger charge is -1.90. The Bertz CT molecular complexity index is 155. The van der Waals surface area contributed by atoms with Crippen LogP contribution in [0.5, 0.6) is 0 Å². The van der Waals surface area contributed by atoms with E-state index in [0.29, 0.717) is 0 Å². The molecule has 0 bridgehead atoms. The first-order valence-electron chi connectivity index (χ1n) is 3.11. The summed E-state index contributed by atoms with van der Waals surface area (Å²) in [5.41, 5.74) is 2.66. The van der Waals surface area contributed by atoms with E-state index in [4.69, 9.17) is 4.79 Å². The molecule has 0 aliphatic rings. The smallest absolute Gasteiger partial charge is 0.106 e. The minimum atomic E-state index is 1.33. The normalized spacial score (nSPS) is 7.80.